The molecule has 2 aromatic carbocycles. The number of nitrogens with zero attached hydrogens (tertiary/aromatic N) is 1. The number of esters is 1. The zero-order valence-electron chi connectivity index (χ0n) is 20.3. The first-order valence-corrected chi connectivity index (χ1v) is 13.1. The zero-order chi connectivity index (χ0) is 25.2. The van der Waals surface area contributed by atoms with Crippen LogP contribution in [0.3, 0.4) is 0 Å². The molecule has 0 spiro atoms. The van der Waals surface area contributed by atoms with Crippen molar-refractivity contribution >= 4 is 46.3 Å². The summed E-state index contributed by atoms with van der Waals surface area (Å²) in [4.78, 5) is 28.2. The summed E-state index contributed by atoms with van der Waals surface area (Å²) in [5.74, 6) is 0.470. The Morgan fingerprint density at radius 3 is 2.49 bits per heavy atom. The molecule has 8 heteroatoms. The van der Waals surface area contributed by atoms with E-state index in [1.807, 2.05) is 50.2 Å². The van der Waals surface area contributed by atoms with Gasteiger partial charge in [0.1, 0.15) is 4.32 Å². The van der Waals surface area contributed by atoms with Crippen molar-refractivity contribution in [1.82, 2.24) is 4.90 Å². The molecule has 35 heavy (non-hydrogen) atoms. The normalized spacial score (nSPS) is 15.4. The largest absolute Gasteiger partial charge is 0.490 e. The molecule has 186 valence electrons. The Kier molecular flexibility index (Phi) is 10.2. The van der Waals surface area contributed by atoms with Gasteiger partial charge in [0.05, 0.1) is 24.7 Å². The third-order valence-electron chi connectivity index (χ3n) is 5.19. The molecule has 3 rings (SSSR count). The quantitative estimate of drug-likeness (QED) is 0.146. The Morgan fingerprint density at radius 2 is 1.80 bits per heavy atom. The van der Waals surface area contributed by atoms with E-state index in [-0.39, 0.29) is 12.5 Å². The second-order valence-corrected chi connectivity index (χ2v) is 9.55. The average Bonchev–Trinajstić information content (AvgIpc) is 3.13. The Labute approximate surface area is 216 Å². The first-order valence-electron chi connectivity index (χ1n) is 11.9. The van der Waals surface area contributed by atoms with Gasteiger partial charge in [-0.1, -0.05) is 80.6 Å². The number of hydrogen-bond donors (Lipinski definition) is 0. The Bertz CT molecular complexity index is 1070. The van der Waals surface area contributed by atoms with Gasteiger partial charge in [-0.2, -0.15) is 0 Å². The molecule has 1 aliphatic rings. The Balaban J connectivity index is 1.89. The van der Waals surface area contributed by atoms with Crippen LogP contribution in [-0.4, -0.2) is 40.9 Å². The highest BCUT2D eigenvalue weighted by Gasteiger charge is 2.42. The van der Waals surface area contributed by atoms with Gasteiger partial charge in [0.2, 0.25) is 0 Å². The van der Waals surface area contributed by atoms with E-state index >= 15 is 0 Å². The number of benzene rings is 2. The lowest BCUT2D eigenvalue weighted by atomic mass is 10.1. The molecule has 1 heterocycles. The smallest absolute Gasteiger partial charge is 0.333 e. The Hall–Kier alpha value is -2.84. The summed E-state index contributed by atoms with van der Waals surface area (Å²) in [6, 6.07) is 13.7. The van der Waals surface area contributed by atoms with Gasteiger partial charge in [0.15, 0.2) is 17.5 Å². The predicted molar refractivity (Wildman–Crippen MR) is 143 cm³/mol. The van der Waals surface area contributed by atoms with Crippen molar-refractivity contribution in [3.05, 3.63) is 64.6 Å². The number of unbranched alkanes of at least 4 members (excludes halogenated alkanes) is 1. The lowest BCUT2D eigenvalue weighted by Crippen LogP contribution is -2.38. The van der Waals surface area contributed by atoms with E-state index < -0.39 is 12.0 Å². The summed E-state index contributed by atoms with van der Waals surface area (Å²) >= 11 is 6.71. The van der Waals surface area contributed by atoms with Gasteiger partial charge < -0.3 is 14.2 Å². The molecule has 1 fully saturated rings. The Morgan fingerprint density at radius 1 is 1.03 bits per heavy atom. The topological polar surface area (TPSA) is 65.1 Å². The monoisotopic (exact) mass is 513 g/mol. The standard InChI is InChI=1S/C27H31NO5S2/c1-4-7-16-32-21-14-13-19(17-22(21)31-6-3)18-23-25(29)28(27(34)35-23)24(26(30)33-15-5-2)20-11-9-8-10-12-20/h8-14,17-18,24H,4-7,15-16H2,1-3H3/b23-18-. The number of thiocarbonyl (C=S) groups is 1. The van der Waals surface area contributed by atoms with E-state index in [1.54, 1.807) is 18.2 Å². The van der Waals surface area contributed by atoms with Crippen LogP contribution in [0.1, 0.15) is 57.2 Å². The number of carbonyl (C=O) groups excluding carboxylic acids is 2. The van der Waals surface area contributed by atoms with Gasteiger partial charge in [-0.05, 0) is 49.1 Å². The van der Waals surface area contributed by atoms with Crippen LogP contribution in [0.5, 0.6) is 11.5 Å². The molecular weight excluding hydrogens is 482 g/mol. The fourth-order valence-electron chi connectivity index (χ4n) is 3.49. The second kappa shape index (κ2) is 13.3. The SMILES string of the molecule is CCCCOc1ccc(/C=C2\SC(=S)N(C(C(=O)OCCC)c3ccccc3)C2=O)cc1OCC. The van der Waals surface area contributed by atoms with Crippen molar-refractivity contribution in [3.63, 3.8) is 0 Å². The van der Waals surface area contributed by atoms with Crippen molar-refractivity contribution in [2.45, 2.75) is 46.1 Å². The number of carbonyl (C=O) groups is 2. The molecule has 1 saturated heterocycles. The summed E-state index contributed by atoms with van der Waals surface area (Å²) in [5, 5.41) is 0. The molecule has 0 N–H and O–H groups in total. The van der Waals surface area contributed by atoms with E-state index in [2.05, 4.69) is 6.92 Å². The minimum absolute atomic E-state index is 0.277. The molecule has 2 aromatic rings. The summed E-state index contributed by atoms with van der Waals surface area (Å²) < 4.78 is 17.3. The maximum absolute atomic E-state index is 13.5. The van der Waals surface area contributed by atoms with Crippen LogP contribution in [0.4, 0.5) is 0 Å². The summed E-state index contributed by atoms with van der Waals surface area (Å²) in [6.07, 6.45) is 4.45. The van der Waals surface area contributed by atoms with Crippen LogP contribution in [-0.2, 0) is 14.3 Å². The van der Waals surface area contributed by atoms with E-state index in [4.69, 9.17) is 26.4 Å². The van der Waals surface area contributed by atoms with Crippen LogP contribution < -0.4 is 9.47 Å². The van der Waals surface area contributed by atoms with Gasteiger partial charge in [-0.3, -0.25) is 9.69 Å². The fraction of sp³-hybridized carbons (Fsp3) is 0.370. The highest BCUT2D eigenvalue weighted by molar-refractivity contribution is 8.26. The van der Waals surface area contributed by atoms with Gasteiger partial charge in [0.25, 0.3) is 5.91 Å². The summed E-state index contributed by atoms with van der Waals surface area (Å²) in [7, 11) is 0. The van der Waals surface area contributed by atoms with Crippen molar-refractivity contribution in [3.8, 4) is 11.5 Å². The van der Waals surface area contributed by atoms with Crippen LogP contribution in [0.2, 0.25) is 0 Å². The first-order chi connectivity index (χ1) is 17.0. The number of ether oxygens (including phenoxy) is 3. The molecule has 0 aliphatic carbocycles. The van der Waals surface area contributed by atoms with E-state index in [0.717, 1.165) is 18.4 Å². The highest BCUT2D eigenvalue weighted by atomic mass is 32.2. The molecule has 1 atom stereocenters. The van der Waals surface area contributed by atoms with Crippen molar-refractivity contribution in [2.75, 3.05) is 19.8 Å². The predicted octanol–water partition coefficient (Wildman–Crippen LogP) is 6.16. The molecule has 0 saturated carbocycles. The molecule has 1 unspecified atom stereocenters. The summed E-state index contributed by atoms with van der Waals surface area (Å²) in [6.45, 7) is 7.33. The van der Waals surface area contributed by atoms with Gasteiger partial charge in [-0.15, -0.1) is 0 Å². The van der Waals surface area contributed by atoms with Crippen LogP contribution in [0.15, 0.2) is 53.4 Å². The van der Waals surface area contributed by atoms with Gasteiger partial charge >= 0.3 is 5.97 Å². The third kappa shape index (κ3) is 6.86. The van der Waals surface area contributed by atoms with Crippen LogP contribution in [0, 0.1) is 0 Å². The molecule has 6 nitrogen and oxygen atoms in total. The first kappa shape index (κ1) is 26.8. The number of amides is 1. The fourth-order valence-corrected chi connectivity index (χ4v) is 4.80. The van der Waals surface area contributed by atoms with Crippen molar-refractivity contribution < 1.29 is 23.8 Å². The minimum atomic E-state index is -0.936. The van der Waals surface area contributed by atoms with Crippen LogP contribution >= 0.6 is 24.0 Å². The number of thioether (sulfide) groups is 1. The van der Waals surface area contributed by atoms with Gasteiger partial charge in [0, 0.05) is 0 Å². The molecule has 1 amide bonds. The highest BCUT2D eigenvalue weighted by Crippen LogP contribution is 2.39. The molecule has 0 bridgehead atoms. The maximum Gasteiger partial charge on any atom is 0.333 e. The average molecular weight is 514 g/mol. The molecule has 0 radical (unpaired) electrons. The second-order valence-electron chi connectivity index (χ2n) is 7.87. The maximum atomic E-state index is 13.5. The molecule has 0 aromatic heterocycles. The van der Waals surface area contributed by atoms with Gasteiger partial charge in [-0.25, -0.2) is 4.79 Å². The van der Waals surface area contributed by atoms with E-state index in [0.29, 0.717) is 45.9 Å². The van der Waals surface area contributed by atoms with Crippen molar-refractivity contribution in [2.24, 2.45) is 0 Å². The lowest BCUT2D eigenvalue weighted by molar-refractivity contribution is -0.151. The minimum Gasteiger partial charge on any atom is -0.490 e. The van der Waals surface area contributed by atoms with E-state index in [9.17, 15) is 9.59 Å². The van der Waals surface area contributed by atoms with Crippen molar-refractivity contribution in [1.29, 1.82) is 0 Å². The third-order valence-corrected chi connectivity index (χ3v) is 6.52. The molecular formula is C27H31NO5S2. The summed E-state index contributed by atoms with van der Waals surface area (Å²) in [5.41, 5.74) is 1.43. The van der Waals surface area contributed by atoms with E-state index in [1.165, 1.54) is 16.7 Å². The zero-order valence-corrected chi connectivity index (χ0v) is 22.0. The molecule has 1 aliphatic heterocycles. The van der Waals surface area contributed by atoms with Crippen LogP contribution in [0.25, 0.3) is 6.08 Å². The number of rotatable bonds is 12. The lowest BCUT2D eigenvalue weighted by Gasteiger charge is -2.25. The number of hydrogen-bond acceptors (Lipinski definition) is 7.